The molecule has 0 saturated heterocycles. The number of hydrogen-bond acceptors (Lipinski definition) is 3. The lowest BCUT2D eigenvalue weighted by atomic mass is 10.2. The van der Waals surface area contributed by atoms with Gasteiger partial charge in [0, 0.05) is 19.7 Å². The van der Waals surface area contributed by atoms with Crippen molar-refractivity contribution in [3.63, 3.8) is 0 Å². The predicted molar refractivity (Wildman–Crippen MR) is 73.6 cm³/mol. The van der Waals surface area contributed by atoms with Crippen LogP contribution < -0.4 is 10.6 Å². The van der Waals surface area contributed by atoms with Crippen LogP contribution in [0.4, 0.5) is 0 Å². The summed E-state index contributed by atoms with van der Waals surface area (Å²) >= 11 is 5.14. The van der Waals surface area contributed by atoms with E-state index in [1.807, 2.05) is 30.3 Å². The van der Waals surface area contributed by atoms with Crippen molar-refractivity contribution >= 4 is 29.1 Å². The van der Waals surface area contributed by atoms with Crippen LogP contribution in [0.5, 0.6) is 0 Å². The van der Waals surface area contributed by atoms with Gasteiger partial charge in [-0.15, -0.1) is 0 Å². The molecule has 0 atom stereocenters. The summed E-state index contributed by atoms with van der Waals surface area (Å²) in [7, 11) is 3.44. The van der Waals surface area contributed by atoms with Gasteiger partial charge >= 0.3 is 0 Å². The van der Waals surface area contributed by atoms with Gasteiger partial charge in [-0.05, 0) is 0 Å². The molecule has 0 fully saturated rings. The lowest BCUT2D eigenvalue weighted by Gasteiger charge is -2.16. The minimum atomic E-state index is -0.0162. The largest absolute Gasteiger partial charge is 0.349 e. The highest BCUT2D eigenvalue weighted by molar-refractivity contribution is 7.80. The zero-order valence-electron chi connectivity index (χ0n) is 9.74. The van der Waals surface area contributed by atoms with Gasteiger partial charge in [0.25, 0.3) is 0 Å². The predicted octanol–water partition coefficient (Wildman–Crippen LogP) is 0.972. The van der Waals surface area contributed by atoms with Gasteiger partial charge in [0.1, 0.15) is 4.99 Å². The Labute approximate surface area is 106 Å². The monoisotopic (exact) mass is 249 g/mol. The van der Waals surface area contributed by atoms with Gasteiger partial charge in [0.05, 0.1) is 0 Å². The van der Waals surface area contributed by atoms with Crippen LogP contribution in [-0.2, 0) is 0 Å². The highest BCUT2D eigenvalue weighted by Crippen LogP contribution is 1.98. The van der Waals surface area contributed by atoms with Gasteiger partial charge in [-0.2, -0.15) is 0 Å². The highest BCUT2D eigenvalue weighted by Gasteiger charge is 2.05. The molecule has 0 radical (unpaired) electrons. The molecule has 17 heavy (non-hydrogen) atoms. The molecule has 0 spiro atoms. The number of nitrogens with zero attached hydrogens (tertiary/aromatic N) is 1. The molecule has 0 aliphatic heterocycles. The fourth-order valence-corrected chi connectivity index (χ4v) is 1.27. The Morgan fingerprint density at radius 1 is 1.12 bits per heavy atom. The van der Waals surface area contributed by atoms with Crippen LogP contribution in [0.1, 0.15) is 5.56 Å². The second-order valence-corrected chi connectivity index (χ2v) is 3.97. The molecule has 4 N–H and O–H groups in total. The average molecular weight is 249 g/mol. The first-order chi connectivity index (χ1) is 8.00. The van der Waals surface area contributed by atoms with E-state index in [2.05, 4.69) is 10.6 Å². The molecule has 1 aromatic rings. The van der Waals surface area contributed by atoms with Crippen molar-refractivity contribution in [3.05, 3.63) is 35.9 Å². The normalized spacial score (nSPS) is 9.29. The maximum Gasteiger partial charge on any atom is 0.200 e. The van der Waals surface area contributed by atoms with Crippen LogP contribution in [-0.4, -0.2) is 35.9 Å². The third-order valence-electron chi connectivity index (χ3n) is 1.97. The third kappa shape index (κ3) is 4.20. The van der Waals surface area contributed by atoms with E-state index in [0.717, 1.165) is 5.56 Å². The molecule has 0 aliphatic rings. The van der Waals surface area contributed by atoms with Crippen molar-refractivity contribution in [2.75, 3.05) is 14.1 Å². The van der Waals surface area contributed by atoms with Crippen molar-refractivity contribution in [3.8, 4) is 0 Å². The molecule has 0 amide bonds. The van der Waals surface area contributed by atoms with Crippen LogP contribution in [0.15, 0.2) is 30.3 Å². The summed E-state index contributed by atoms with van der Waals surface area (Å²) in [5.41, 5.74) is 0.838. The summed E-state index contributed by atoms with van der Waals surface area (Å²) in [6.07, 6.45) is 0. The van der Waals surface area contributed by atoms with Gasteiger partial charge in [-0.3, -0.25) is 16.1 Å². The average Bonchev–Trinajstić information content (AvgIpc) is 2.29. The zero-order valence-corrected chi connectivity index (χ0v) is 10.6. The van der Waals surface area contributed by atoms with Crippen LogP contribution >= 0.6 is 12.2 Å². The molecular formula is C11H15N5S. The lowest BCUT2D eigenvalue weighted by Crippen LogP contribution is -2.46. The lowest BCUT2D eigenvalue weighted by molar-refractivity contribution is 0.598. The van der Waals surface area contributed by atoms with Crippen LogP contribution in [0.2, 0.25) is 0 Å². The first-order valence-corrected chi connectivity index (χ1v) is 5.39. The fourth-order valence-electron chi connectivity index (χ4n) is 1.04. The number of nitrogens with one attached hydrogen (secondary N) is 4. The Balaban J connectivity index is 2.53. The number of guanidine groups is 2. The summed E-state index contributed by atoms with van der Waals surface area (Å²) in [5.74, 6) is 0.107. The van der Waals surface area contributed by atoms with Gasteiger partial charge in [0.2, 0.25) is 0 Å². The van der Waals surface area contributed by atoms with Crippen molar-refractivity contribution in [2.45, 2.75) is 0 Å². The summed E-state index contributed by atoms with van der Waals surface area (Å²) in [5, 5.41) is 20.4. The van der Waals surface area contributed by atoms with E-state index in [9.17, 15) is 0 Å². The second-order valence-electron chi connectivity index (χ2n) is 3.56. The molecule has 6 heteroatoms. The SMILES string of the molecule is CN(C)C(=N)NC(=N)NC(=S)c1ccccc1. The molecule has 0 saturated carbocycles. The summed E-state index contributed by atoms with van der Waals surface area (Å²) in [6.45, 7) is 0. The van der Waals surface area contributed by atoms with E-state index in [1.54, 1.807) is 19.0 Å². The molecule has 0 unspecified atom stereocenters. The van der Waals surface area contributed by atoms with E-state index in [4.69, 9.17) is 23.0 Å². The van der Waals surface area contributed by atoms with Crippen LogP contribution in [0, 0.1) is 10.8 Å². The van der Waals surface area contributed by atoms with Crippen molar-refractivity contribution in [2.24, 2.45) is 0 Å². The zero-order chi connectivity index (χ0) is 12.8. The van der Waals surface area contributed by atoms with Gasteiger partial charge in [-0.25, -0.2) is 0 Å². The number of benzene rings is 1. The van der Waals surface area contributed by atoms with Crippen molar-refractivity contribution < 1.29 is 0 Å². The molecule has 5 nitrogen and oxygen atoms in total. The number of rotatable bonds is 1. The minimum absolute atomic E-state index is 0.0162. The molecule has 1 rings (SSSR count). The van der Waals surface area contributed by atoms with Gasteiger partial charge in [-0.1, -0.05) is 42.5 Å². The van der Waals surface area contributed by atoms with Crippen LogP contribution in [0.25, 0.3) is 0 Å². The second kappa shape index (κ2) is 5.95. The quantitative estimate of drug-likeness (QED) is 0.340. The first kappa shape index (κ1) is 13.1. The molecule has 0 aromatic heterocycles. The summed E-state index contributed by atoms with van der Waals surface area (Å²) < 4.78 is 0. The maximum absolute atomic E-state index is 7.61. The fraction of sp³-hybridized carbons (Fsp3) is 0.182. The van der Waals surface area contributed by atoms with E-state index in [1.165, 1.54) is 0 Å². The van der Waals surface area contributed by atoms with Crippen LogP contribution in [0.3, 0.4) is 0 Å². The molecule has 0 bridgehead atoms. The van der Waals surface area contributed by atoms with Crippen molar-refractivity contribution in [1.82, 2.24) is 15.5 Å². The Kier molecular flexibility index (Phi) is 4.59. The summed E-state index contributed by atoms with van der Waals surface area (Å²) in [6, 6.07) is 9.38. The minimum Gasteiger partial charge on any atom is -0.349 e. The molecule has 1 aromatic carbocycles. The van der Waals surface area contributed by atoms with Gasteiger partial charge < -0.3 is 10.2 Å². The maximum atomic E-state index is 7.61. The van der Waals surface area contributed by atoms with E-state index in [0.29, 0.717) is 4.99 Å². The van der Waals surface area contributed by atoms with E-state index < -0.39 is 0 Å². The number of hydrogen-bond donors (Lipinski definition) is 4. The topological polar surface area (TPSA) is 75.0 Å². The number of thiocarbonyl (C=S) groups is 1. The van der Waals surface area contributed by atoms with Gasteiger partial charge in [0.15, 0.2) is 11.9 Å². The Hall–Kier alpha value is -1.95. The highest BCUT2D eigenvalue weighted by atomic mass is 32.1. The van der Waals surface area contributed by atoms with Crippen molar-refractivity contribution in [1.29, 1.82) is 10.8 Å². The molecule has 90 valence electrons. The Bertz CT molecular complexity index is 427. The third-order valence-corrected chi connectivity index (χ3v) is 2.30. The standard InChI is InChI=1S/C11H15N5S/c1-16(2)11(13)15-10(12)14-9(17)8-6-4-3-5-7-8/h3-7H,1-2H3,(H4,12,13,14,15,17). The Morgan fingerprint density at radius 2 is 1.71 bits per heavy atom. The smallest absolute Gasteiger partial charge is 0.200 e. The Morgan fingerprint density at radius 3 is 2.24 bits per heavy atom. The molecule has 0 aliphatic carbocycles. The molecule has 0 heterocycles. The summed E-state index contributed by atoms with van der Waals surface area (Å²) in [4.78, 5) is 2.01. The molecular weight excluding hydrogens is 234 g/mol. The first-order valence-electron chi connectivity index (χ1n) is 4.98. The van der Waals surface area contributed by atoms with E-state index in [-0.39, 0.29) is 11.9 Å². The van der Waals surface area contributed by atoms with E-state index >= 15 is 0 Å².